The Morgan fingerprint density at radius 3 is 2.57 bits per heavy atom. The highest BCUT2D eigenvalue weighted by Gasteiger charge is 2.35. The van der Waals surface area contributed by atoms with E-state index in [4.69, 9.17) is 9.15 Å². The number of aryl methyl sites for hydroxylation is 1. The summed E-state index contributed by atoms with van der Waals surface area (Å²) in [5, 5.41) is 1.72. The molecule has 0 saturated carbocycles. The van der Waals surface area contributed by atoms with Crippen LogP contribution in [-0.2, 0) is 26.1 Å². The van der Waals surface area contributed by atoms with Crippen LogP contribution in [0.25, 0.3) is 0 Å². The molecule has 0 aromatic carbocycles. The molecule has 164 valence electrons. The smallest absolute Gasteiger partial charge is 0.374 e. The van der Waals surface area contributed by atoms with Crippen LogP contribution in [0, 0.1) is 12.8 Å². The molecule has 1 saturated heterocycles. The molecule has 0 N–H and O–H groups in total. The zero-order chi connectivity index (χ0) is 21.9. The van der Waals surface area contributed by atoms with Gasteiger partial charge in [0, 0.05) is 30.9 Å². The molecule has 30 heavy (non-hydrogen) atoms. The number of hydrogen-bond donors (Lipinski definition) is 0. The Hall–Kier alpha value is -2.17. The Labute approximate surface area is 180 Å². The van der Waals surface area contributed by atoms with Crippen molar-refractivity contribution in [3.63, 3.8) is 0 Å². The number of nitrogens with zero attached hydrogens (tertiary/aromatic N) is 2. The first-order valence-corrected chi connectivity index (χ1v) is 12.1. The summed E-state index contributed by atoms with van der Waals surface area (Å²) in [6.07, 6.45) is 0.883. The SMILES string of the molecule is CCOC(=O)c1ccc(S(=O)(=O)N2CCC(C(=O)N(C)Cc3sccc3C)CC2)o1. The van der Waals surface area contributed by atoms with Crippen LogP contribution in [0.1, 0.15) is 40.8 Å². The fourth-order valence-corrected chi connectivity index (χ4v) is 5.75. The number of rotatable bonds is 7. The van der Waals surface area contributed by atoms with Gasteiger partial charge in [0.15, 0.2) is 0 Å². The first kappa shape index (κ1) is 22.5. The lowest BCUT2D eigenvalue weighted by molar-refractivity contribution is -0.135. The number of thiophene rings is 1. The first-order chi connectivity index (χ1) is 14.2. The van der Waals surface area contributed by atoms with Crippen molar-refractivity contribution < 1.29 is 27.2 Å². The Morgan fingerprint density at radius 1 is 1.27 bits per heavy atom. The quantitative estimate of drug-likeness (QED) is 0.597. The number of sulfonamides is 1. The van der Waals surface area contributed by atoms with E-state index in [1.165, 1.54) is 22.0 Å². The molecule has 1 aliphatic heterocycles. The summed E-state index contributed by atoms with van der Waals surface area (Å²) in [7, 11) is -2.09. The molecule has 0 unspecified atom stereocenters. The van der Waals surface area contributed by atoms with Crippen LogP contribution in [-0.4, -0.2) is 56.2 Å². The van der Waals surface area contributed by atoms with Crippen LogP contribution < -0.4 is 0 Å². The fourth-order valence-electron chi connectivity index (χ4n) is 3.41. The topological polar surface area (TPSA) is 97.1 Å². The van der Waals surface area contributed by atoms with E-state index in [0.717, 1.165) is 4.88 Å². The normalized spacial score (nSPS) is 15.8. The van der Waals surface area contributed by atoms with Crippen molar-refractivity contribution in [3.8, 4) is 0 Å². The number of hydrogen-bond acceptors (Lipinski definition) is 7. The van der Waals surface area contributed by atoms with E-state index in [0.29, 0.717) is 19.4 Å². The Kier molecular flexibility index (Phi) is 6.99. The van der Waals surface area contributed by atoms with E-state index in [1.54, 1.807) is 30.2 Å². The largest absolute Gasteiger partial charge is 0.460 e. The van der Waals surface area contributed by atoms with Crippen LogP contribution >= 0.6 is 11.3 Å². The second-order valence-electron chi connectivity index (χ2n) is 7.24. The second-order valence-corrected chi connectivity index (χ2v) is 10.1. The van der Waals surface area contributed by atoms with Crippen LogP contribution in [0.2, 0.25) is 0 Å². The third-order valence-corrected chi connectivity index (χ3v) is 7.96. The Balaban J connectivity index is 1.59. The van der Waals surface area contributed by atoms with Gasteiger partial charge in [0.05, 0.1) is 13.2 Å². The lowest BCUT2D eigenvalue weighted by atomic mass is 9.96. The monoisotopic (exact) mass is 454 g/mol. The molecule has 0 radical (unpaired) electrons. The maximum atomic E-state index is 12.8. The summed E-state index contributed by atoms with van der Waals surface area (Å²) in [5.74, 6) is -1.03. The number of furan rings is 1. The Morgan fingerprint density at radius 2 is 1.97 bits per heavy atom. The molecule has 2 aromatic heterocycles. The molecule has 1 fully saturated rings. The van der Waals surface area contributed by atoms with Crippen molar-refractivity contribution in [1.29, 1.82) is 0 Å². The third-order valence-electron chi connectivity index (χ3n) is 5.18. The van der Waals surface area contributed by atoms with E-state index in [1.807, 2.05) is 18.4 Å². The van der Waals surface area contributed by atoms with Crippen LogP contribution in [0.5, 0.6) is 0 Å². The average molecular weight is 455 g/mol. The van der Waals surface area contributed by atoms with Gasteiger partial charge in [-0.05, 0) is 55.8 Å². The van der Waals surface area contributed by atoms with Gasteiger partial charge < -0.3 is 14.1 Å². The molecule has 8 nitrogen and oxygen atoms in total. The van der Waals surface area contributed by atoms with Gasteiger partial charge in [-0.25, -0.2) is 13.2 Å². The highest BCUT2D eigenvalue weighted by Crippen LogP contribution is 2.27. The van der Waals surface area contributed by atoms with Gasteiger partial charge >= 0.3 is 5.97 Å². The first-order valence-electron chi connectivity index (χ1n) is 9.79. The van der Waals surface area contributed by atoms with E-state index in [2.05, 4.69) is 0 Å². The minimum atomic E-state index is -3.87. The predicted molar refractivity (Wildman–Crippen MR) is 112 cm³/mol. The second kappa shape index (κ2) is 9.32. The third kappa shape index (κ3) is 4.76. The van der Waals surface area contributed by atoms with Gasteiger partial charge in [0.25, 0.3) is 10.0 Å². The number of piperidine rings is 1. The van der Waals surface area contributed by atoms with Gasteiger partial charge in [-0.3, -0.25) is 4.79 Å². The van der Waals surface area contributed by atoms with E-state index in [-0.39, 0.29) is 42.4 Å². The highest BCUT2D eigenvalue weighted by atomic mass is 32.2. The Bertz CT molecular complexity index is 1000. The highest BCUT2D eigenvalue weighted by molar-refractivity contribution is 7.89. The lowest BCUT2D eigenvalue weighted by Crippen LogP contribution is -2.43. The van der Waals surface area contributed by atoms with Gasteiger partial charge in [-0.1, -0.05) is 0 Å². The fraction of sp³-hybridized carbons (Fsp3) is 0.500. The van der Waals surface area contributed by atoms with Crippen molar-refractivity contribution in [2.45, 2.75) is 38.3 Å². The molecular formula is C20H26N2O6S2. The minimum Gasteiger partial charge on any atom is -0.460 e. The summed E-state index contributed by atoms with van der Waals surface area (Å²) < 4.78 is 37.0. The molecule has 3 heterocycles. The molecular weight excluding hydrogens is 428 g/mol. The molecule has 3 rings (SSSR count). The van der Waals surface area contributed by atoms with Gasteiger partial charge in [0.2, 0.25) is 16.8 Å². The van der Waals surface area contributed by atoms with Gasteiger partial charge in [-0.2, -0.15) is 4.31 Å². The number of carbonyl (C=O) groups excluding carboxylic acids is 2. The van der Waals surface area contributed by atoms with Crippen LogP contribution in [0.15, 0.2) is 33.1 Å². The van der Waals surface area contributed by atoms with E-state index >= 15 is 0 Å². The van der Waals surface area contributed by atoms with Gasteiger partial charge in [0.1, 0.15) is 0 Å². The number of ether oxygens (including phenoxy) is 1. The molecule has 2 aromatic rings. The molecule has 0 spiro atoms. The average Bonchev–Trinajstić information content (AvgIpc) is 3.38. The van der Waals surface area contributed by atoms with Crippen LogP contribution in [0.4, 0.5) is 0 Å². The molecule has 0 atom stereocenters. The van der Waals surface area contributed by atoms with Crippen molar-refractivity contribution in [3.05, 3.63) is 39.8 Å². The number of amides is 1. The molecule has 1 amide bonds. The summed E-state index contributed by atoms with van der Waals surface area (Å²) in [6, 6.07) is 4.59. The minimum absolute atomic E-state index is 0.0300. The van der Waals surface area contributed by atoms with E-state index in [9.17, 15) is 18.0 Å². The van der Waals surface area contributed by atoms with Crippen molar-refractivity contribution in [1.82, 2.24) is 9.21 Å². The van der Waals surface area contributed by atoms with E-state index < -0.39 is 16.0 Å². The number of esters is 1. The van der Waals surface area contributed by atoms with Crippen molar-refractivity contribution >= 4 is 33.2 Å². The number of carbonyl (C=O) groups is 2. The zero-order valence-corrected chi connectivity index (χ0v) is 18.9. The molecule has 0 aliphatic carbocycles. The van der Waals surface area contributed by atoms with Crippen molar-refractivity contribution in [2.75, 3.05) is 26.7 Å². The van der Waals surface area contributed by atoms with Crippen LogP contribution in [0.3, 0.4) is 0 Å². The maximum absolute atomic E-state index is 12.8. The van der Waals surface area contributed by atoms with Crippen molar-refractivity contribution in [2.24, 2.45) is 5.92 Å². The zero-order valence-electron chi connectivity index (χ0n) is 17.3. The molecule has 0 bridgehead atoms. The molecule has 1 aliphatic rings. The van der Waals surface area contributed by atoms with Gasteiger partial charge in [-0.15, -0.1) is 11.3 Å². The summed E-state index contributed by atoms with van der Waals surface area (Å²) in [5.41, 5.74) is 1.17. The lowest BCUT2D eigenvalue weighted by Gasteiger charge is -2.32. The summed E-state index contributed by atoms with van der Waals surface area (Å²) in [6.45, 7) is 4.85. The predicted octanol–water partition coefficient (Wildman–Crippen LogP) is 2.89. The standard InChI is InChI=1S/C20H26N2O6S2/c1-4-27-20(24)16-5-6-18(28-16)30(25,26)22-10-7-15(8-11-22)19(23)21(3)13-17-14(2)9-12-29-17/h5-6,9,12,15H,4,7-8,10-11,13H2,1-3H3. The maximum Gasteiger partial charge on any atom is 0.374 e. The molecule has 10 heteroatoms. The summed E-state index contributed by atoms with van der Waals surface area (Å²) >= 11 is 1.63. The summed E-state index contributed by atoms with van der Waals surface area (Å²) in [4.78, 5) is 27.4.